The normalized spacial score (nSPS) is 15.5. The number of hydrogen-bond acceptors (Lipinski definition) is 2. The van der Waals surface area contributed by atoms with Crippen molar-refractivity contribution in [3.63, 3.8) is 0 Å². The molecule has 2 nitrogen and oxygen atoms in total. The summed E-state index contributed by atoms with van der Waals surface area (Å²) in [6, 6.07) is 4.41. The lowest BCUT2D eigenvalue weighted by Gasteiger charge is -2.17. The molecule has 1 aromatic heterocycles. The number of anilines is 1. The molecular formula is C17H27FN2. The van der Waals surface area contributed by atoms with E-state index in [1.165, 1.54) is 36.9 Å². The molecule has 2 heterocycles. The monoisotopic (exact) mass is 278 g/mol. The van der Waals surface area contributed by atoms with Gasteiger partial charge in [0.2, 0.25) is 0 Å². The summed E-state index contributed by atoms with van der Waals surface area (Å²) >= 11 is 0. The Balaban J connectivity index is 1.69. The lowest BCUT2D eigenvalue weighted by Crippen LogP contribution is -2.14. The van der Waals surface area contributed by atoms with Crippen LogP contribution in [0.15, 0.2) is 12.1 Å². The molecule has 2 rings (SSSR count). The van der Waals surface area contributed by atoms with Gasteiger partial charge in [-0.05, 0) is 56.1 Å². The van der Waals surface area contributed by atoms with E-state index in [-0.39, 0.29) is 6.67 Å². The summed E-state index contributed by atoms with van der Waals surface area (Å²) < 4.78 is 12.1. The average Bonchev–Trinajstić information content (AvgIpc) is 2.49. The first-order chi connectivity index (χ1) is 9.79. The van der Waals surface area contributed by atoms with Crippen molar-refractivity contribution >= 4 is 5.82 Å². The largest absolute Gasteiger partial charge is 0.370 e. The number of nitrogens with zero attached hydrogens (tertiary/aromatic N) is 1. The summed E-state index contributed by atoms with van der Waals surface area (Å²) in [5, 5.41) is 3.39. The molecule has 1 aliphatic heterocycles. The van der Waals surface area contributed by atoms with Gasteiger partial charge in [0.05, 0.1) is 6.67 Å². The first-order valence-corrected chi connectivity index (χ1v) is 8.08. The second kappa shape index (κ2) is 8.23. The Labute approximate surface area is 122 Å². The van der Waals surface area contributed by atoms with Gasteiger partial charge in [0.15, 0.2) is 0 Å². The van der Waals surface area contributed by atoms with Crippen molar-refractivity contribution in [2.45, 2.75) is 58.3 Å². The van der Waals surface area contributed by atoms with Gasteiger partial charge in [-0.3, -0.25) is 4.39 Å². The van der Waals surface area contributed by atoms with E-state index in [2.05, 4.69) is 24.4 Å². The van der Waals surface area contributed by atoms with E-state index in [4.69, 9.17) is 4.98 Å². The number of aromatic nitrogens is 1. The van der Waals surface area contributed by atoms with Crippen molar-refractivity contribution < 1.29 is 4.39 Å². The molecular weight excluding hydrogens is 251 g/mol. The zero-order chi connectivity index (χ0) is 14.2. The van der Waals surface area contributed by atoms with Crippen molar-refractivity contribution in [2.24, 2.45) is 5.92 Å². The number of nitrogens with one attached hydrogen (secondary N) is 1. The summed E-state index contributed by atoms with van der Waals surface area (Å²) in [5.41, 5.74) is 2.56. The van der Waals surface area contributed by atoms with Crippen molar-refractivity contribution in [1.82, 2.24) is 4.98 Å². The van der Waals surface area contributed by atoms with Crippen LogP contribution < -0.4 is 5.32 Å². The average molecular weight is 278 g/mol. The Morgan fingerprint density at radius 1 is 1.25 bits per heavy atom. The van der Waals surface area contributed by atoms with Crippen LogP contribution in [0.25, 0.3) is 0 Å². The molecule has 0 radical (unpaired) electrons. The maximum absolute atomic E-state index is 12.1. The third-order valence-corrected chi connectivity index (χ3v) is 4.16. The summed E-state index contributed by atoms with van der Waals surface area (Å²) in [6.45, 7) is 3.11. The zero-order valence-corrected chi connectivity index (χ0v) is 12.6. The smallest absolute Gasteiger partial charge is 0.129 e. The molecule has 1 unspecified atom stereocenters. The van der Waals surface area contributed by atoms with Crippen LogP contribution in [0, 0.1) is 5.92 Å². The highest BCUT2D eigenvalue weighted by Crippen LogP contribution is 2.21. The molecule has 0 saturated heterocycles. The quantitative estimate of drug-likeness (QED) is 0.706. The van der Waals surface area contributed by atoms with Gasteiger partial charge >= 0.3 is 0 Å². The molecule has 1 aromatic rings. The van der Waals surface area contributed by atoms with E-state index < -0.39 is 0 Å². The fourth-order valence-electron chi connectivity index (χ4n) is 2.88. The van der Waals surface area contributed by atoms with Crippen LogP contribution in [-0.2, 0) is 12.8 Å². The van der Waals surface area contributed by atoms with Crippen molar-refractivity contribution in [3.05, 3.63) is 23.4 Å². The number of alkyl halides is 1. The molecule has 20 heavy (non-hydrogen) atoms. The number of rotatable bonds is 8. The fraction of sp³-hybridized carbons (Fsp3) is 0.706. The van der Waals surface area contributed by atoms with E-state index in [0.29, 0.717) is 5.92 Å². The van der Waals surface area contributed by atoms with E-state index in [1.54, 1.807) is 0 Å². The first kappa shape index (κ1) is 15.3. The Bertz CT molecular complexity index is 406. The summed E-state index contributed by atoms with van der Waals surface area (Å²) in [6.07, 6.45) is 8.79. The van der Waals surface area contributed by atoms with Gasteiger partial charge in [0.25, 0.3) is 0 Å². The number of fused-ring (bicyclic) bond motifs is 1. The van der Waals surface area contributed by atoms with E-state index in [9.17, 15) is 4.39 Å². The number of halogens is 1. The maximum Gasteiger partial charge on any atom is 0.129 e. The Kier molecular flexibility index (Phi) is 6.28. The van der Waals surface area contributed by atoms with Gasteiger partial charge in [-0.2, -0.15) is 0 Å². The molecule has 3 heteroatoms. The molecule has 0 spiro atoms. The van der Waals surface area contributed by atoms with Gasteiger partial charge in [0.1, 0.15) is 5.82 Å². The molecule has 0 bridgehead atoms. The molecule has 1 atom stereocenters. The molecule has 0 aliphatic carbocycles. The van der Waals surface area contributed by atoms with Crippen molar-refractivity contribution in [1.29, 1.82) is 0 Å². The van der Waals surface area contributed by atoms with Crippen molar-refractivity contribution in [3.8, 4) is 0 Å². The first-order valence-electron chi connectivity index (χ1n) is 8.08. The second-order valence-electron chi connectivity index (χ2n) is 6.02. The number of unbranched alkanes of at least 4 members (excludes halogenated alkanes) is 1. The molecule has 112 valence electrons. The van der Waals surface area contributed by atoms with Crippen LogP contribution >= 0.6 is 0 Å². The van der Waals surface area contributed by atoms with E-state index >= 15 is 0 Å². The predicted octanol–water partition coefficient (Wildman–Crippen LogP) is 4.54. The van der Waals surface area contributed by atoms with Gasteiger partial charge in [0, 0.05) is 12.2 Å². The Morgan fingerprint density at radius 3 is 2.95 bits per heavy atom. The number of aryl methyl sites for hydroxylation is 2. The lowest BCUT2D eigenvalue weighted by molar-refractivity contribution is 0.396. The predicted molar refractivity (Wildman–Crippen MR) is 83.0 cm³/mol. The van der Waals surface area contributed by atoms with Crippen LogP contribution in [0.1, 0.15) is 56.7 Å². The van der Waals surface area contributed by atoms with Crippen LogP contribution in [0.3, 0.4) is 0 Å². The van der Waals surface area contributed by atoms with E-state index in [0.717, 1.165) is 38.0 Å². The molecule has 0 amide bonds. The van der Waals surface area contributed by atoms with Gasteiger partial charge in [-0.1, -0.05) is 25.8 Å². The highest BCUT2D eigenvalue weighted by molar-refractivity contribution is 5.46. The van der Waals surface area contributed by atoms with Crippen LogP contribution in [0.2, 0.25) is 0 Å². The third kappa shape index (κ3) is 4.77. The highest BCUT2D eigenvalue weighted by Gasteiger charge is 2.10. The van der Waals surface area contributed by atoms with Gasteiger partial charge in [-0.25, -0.2) is 4.98 Å². The fourth-order valence-corrected chi connectivity index (χ4v) is 2.88. The second-order valence-corrected chi connectivity index (χ2v) is 6.02. The molecule has 1 aliphatic rings. The maximum atomic E-state index is 12.1. The standard InChI is InChI=1S/C17H27FN2/c1-14(7-4-12-18)6-2-3-9-16-11-10-15-8-5-13-19-17(15)20-16/h10-11,14H,2-9,12-13H2,1H3,(H,19,20). The minimum absolute atomic E-state index is 0.170. The van der Waals surface area contributed by atoms with Crippen molar-refractivity contribution in [2.75, 3.05) is 18.5 Å². The van der Waals surface area contributed by atoms with Crippen LogP contribution in [0.5, 0.6) is 0 Å². The molecule has 0 fully saturated rings. The summed E-state index contributed by atoms with van der Waals surface area (Å²) in [4.78, 5) is 4.72. The highest BCUT2D eigenvalue weighted by atomic mass is 19.1. The molecule has 0 aromatic carbocycles. The van der Waals surface area contributed by atoms with E-state index in [1.807, 2.05) is 0 Å². The topological polar surface area (TPSA) is 24.9 Å². The minimum Gasteiger partial charge on any atom is -0.370 e. The van der Waals surface area contributed by atoms with Crippen LogP contribution in [-0.4, -0.2) is 18.2 Å². The SMILES string of the molecule is CC(CCCF)CCCCc1ccc2c(n1)NCCC2. The van der Waals surface area contributed by atoms with Gasteiger partial charge < -0.3 is 5.32 Å². The zero-order valence-electron chi connectivity index (χ0n) is 12.6. The lowest BCUT2D eigenvalue weighted by atomic mass is 9.98. The van der Waals surface area contributed by atoms with Gasteiger partial charge in [-0.15, -0.1) is 0 Å². The summed E-state index contributed by atoms with van der Waals surface area (Å²) in [5.74, 6) is 1.76. The Hall–Kier alpha value is -1.12. The number of hydrogen-bond donors (Lipinski definition) is 1. The molecule has 0 saturated carbocycles. The minimum atomic E-state index is -0.170. The number of pyridine rings is 1. The summed E-state index contributed by atoms with van der Waals surface area (Å²) in [7, 11) is 0. The third-order valence-electron chi connectivity index (χ3n) is 4.16. The van der Waals surface area contributed by atoms with Crippen LogP contribution in [0.4, 0.5) is 10.2 Å². The Morgan fingerprint density at radius 2 is 2.10 bits per heavy atom. The molecule has 1 N–H and O–H groups in total.